The number of nitrogens with zero attached hydrogens (tertiary/aromatic N) is 2. The normalized spacial score (nSPS) is 10.6. The van der Waals surface area contributed by atoms with Gasteiger partial charge in [-0.15, -0.1) is 0 Å². The van der Waals surface area contributed by atoms with Crippen molar-refractivity contribution in [1.29, 1.82) is 0 Å². The van der Waals surface area contributed by atoms with Crippen molar-refractivity contribution < 1.29 is 9.53 Å². The van der Waals surface area contributed by atoms with E-state index in [1.54, 1.807) is 30.7 Å². The summed E-state index contributed by atoms with van der Waals surface area (Å²) in [6, 6.07) is 10.8. The first-order chi connectivity index (χ1) is 10.8. The second-order valence-corrected chi connectivity index (χ2v) is 4.71. The van der Waals surface area contributed by atoms with Crippen LogP contribution in [0.4, 0.5) is 0 Å². The molecule has 1 aromatic carbocycles. The summed E-state index contributed by atoms with van der Waals surface area (Å²) in [5, 5.41) is 3.94. The molecule has 0 atom stereocenters. The number of carbonyl (C=O) groups excluding carboxylic acids is 1. The SMILES string of the molecule is CCCCOc1ccc(/C=N\NC(=O)c2ccncc2)cc1. The van der Waals surface area contributed by atoms with Gasteiger partial charge in [-0.25, -0.2) is 5.43 Å². The van der Waals surface area contributed by atoms with Gasteiger partial charge < -0.3 is 4.74 Å². The van der Waals surface area contributed by atoms with Gasteiger partial charge in [0.1, 0.15) is 5.75 Å². The van der Waals surface area contributed by atoms with Gasteiger partial charge in [0.15, 0.2) is 0 Å². The molecule has 0 spiro atoms. The number of ether oxygens (including phenoxy) is 1. The second-order valence-electron chi connectivity index (χ2n) is 4.71. The number of nitrogens with one attached hydrogen (secondary N) is 1. The summed E-state index contributed by atoms with van der Waals surface area (Å²) in [6.45, 7) is 2.86. The van der Waals surface area contributed by atoms with E-state index in [4.69, 9.17) is 4.74 Å². The summed E-state index contributed by atoms with van der Waals surface area (Å²) in [6.07, 6.45) is 6.88. The molecule has 0 fully saturated rings. The Labute approximate surface area is 130 Å². The van der Waals surface area contributed by atoms with Crippen LogP contribution in [0.2, 0.25) is 0 Å². The zero-order valence-electron chi connectivity index (χ0n) is 12.5. The first kappa shape index (κ1) is 15.7. The van der Waals surface area contributed by atoms with Gasteiger partial charge in [-0.05, 0) is 48.4 Å². The summed E-state index contributed by atoms with van der Waals surface area (Å²) in [5.74, 6) is 0.574. The molecule has 0 aliphatic heterocycles. The van der Waals surface area contributed by atoms with Crippen LogP contribution in [0.1, 0.15) is 35.7 Å². The summed E-state index contributed by atoms with van der Waals surface area (Å²) >= 11 is 0. The van der Waals surface area contributed by atoms with Crippen molar-refractivity contribution in [2.24, 2.45) is 5.10 Å². The van der Waals surface area contributed by atoms with Crippen LogP contribution < -0.4 is 10.2 Å². The fraction of sp³-hybridized carbons (Fsp3) is 0.235. The summed E-state index contributed by atoms with van der Waals surface area (Å²) in [4.78, 5) is 15.6. The van der Waals surface area contributed by atoms with E-state index in [1.807, 2.05) is 24.3 Å². The monoisotopic (exact) mass is 297 g/mol. The molecule has 0 unspecified atom stereocenters. The zero-order valence-corrected chi connectivity index (χ0v) is 12.5. The number of carbonyl (C=O) groups is 1. The van der Waals surface area contributed by atoms with Gasteiger partial charge in [-0.2, -0.15) is 5.10 Å². The minimum Gasteiger partial charge on any atom is -0.494 e. The number of unbranched alkanes of at least 4 members (excludes halogenated alkanes) is 1. The molecular weight excluding hydrogens is 278 g/mol. The quantitative estimate of drug-likeness (QED) is 0.485. The molecule has 0 saturated heterocycles. The first-order valence-electron chi connectivity index (χ1n) is 7.26. The number of pyridine rings is 1. The molecule has 5 nitrogen and oxygen atoms in total. The van der Waals surface area contributed by atoms with E-state index < -0.39 is 0 Å². The Morgan fingerprint density at radius 3 is 2.64 bits per heavy atom. The lowest BCUT2D eigenvalue weighted by atomic mass is 10.2. The molecule has 5 heteroatoms. The molecule has 0 bridgehead atoms. The maximum atomic E-state index is 11.8. The van der Waals surface area contributed by atoms with Gasteiger partial charge in [-0.3, -0.25) is 9.78 Å². The standard InChI is InChI=1S/C17H19N3O2/c1-2-3-12-22-16-6-4-14(5-7-16)13-19-20-17(21)15-8-10-18-11-9-15/h4-11,13H,2-3,12H2,1H3,(H,20,21)/b19-13-. The lowest BCUT2D eigenvalue weighted by molar-refractivity contribution is 0.0955. The molecule has 0 aliphatic rings. The minimum absolute atomic E-state index is 0.266. The molecule has 1 aromatic heterocycles. The topological polar surface area (TPSA) is 63.6 Å². The van der Waals surface area contributed by atoms with E-state index in [2.05, 4.69) is 22.4 Å². The van der Waals surface area contributed by atoms with Gasteiger partial charge >= 0.3 is 0 Å². The Bertz CT molecular complexity index is 610. The molecule has 22 heavy (non-hydrogen) atoms. The number of amides is 1. The highest BCUT2D eigenvalue weighted by Gasteiger charge is 2.01. The highest BCUT2D eigenvalue weighted by molar-refractivity contribution is 5.94. The molecule has 1 N–H and O–H groups in total. The van der Waals surface area contributed by atoms with Crippen LogP contribution in [0.25, 0.3) is 0 Å². The number of hydrazone groups is 1. The average molecular weight is 297 g/mol. The van der Waals surface area contributed by atoms with Gasteiger partial charge in [0.05, 0.1) is 12.8 Å². The molecule has 114 valence electrons. The largest absolute Gasteiger partial charge is 0.494 e. The fourth-order valence-corrected chi connectivity index (χ4v) is 1.72. The van der Waals surface area contributed by atoms with Crippen LogP contribution in [0.5, 0.6) is 5.75 Å². The number of aromatic nitrogens is 1. The van der Waals surface area contributed by atoms with Gasteiger partial charge in [-0.1, -0.05) is 13.3 Å². The Kier molecular flexibility index (Phi) is 6.11. The van der Waals surface area contributed by atoms with Crippen LogP contribution >= 0.6 is 0 Å². The molecular formula is C17H19N3O2. The summed E-state index contributed by atoms with van der Waals surface area (Å²) < 4.78 is 5.58. The smallest absolute Gasteiger partial charge is 0.271 e. The molecule has 2 aromatic rings. The van der Waals surface area contributed by atoms with E-state index >= 15 is 0 Å². The lowest BCUT2D eigenvalue weighted by Gasteiger charge is -2.04. The van der Waals surface area contributed by atoms with Crippen molar-refractivity contribution >= 4 is 12.1 Å². The van der Waals surface area contributed by atoms with E-state index in [0.29, 0.717) is 5.56 Å². The summed E-state index contributed by atoms with van der Waals surface area (Å²) in [5.41, 5.74) is 3.88. The Hall–Kier alpha value is -2.69. The molecule has 1 heterocycles. The van der Waals surface area contributed by atoms with E-state index in [-0.39, 0.29) is 5.91 Å². The maximum absolute atomic E-state index is 11.8. The first-order valence-corrected chi connectivity index (χ1v) is 7.26. The molecule has 0 radical (unpaired) electrons. The molecule has 1 amide bonds. The van der Waals surface area contributed by atoms with Crippen LogP contribution in [0, 0.1) is 0 Å². The molecule has 2 rings (SSSR count). The molecule has 0 saturated carbocycles. The number of hydrogen-bond acceptors (Lipinski definition) is 4. The predicted octanol–water partition coefficient (Wildman–Crippen LogP) is 3.02. The highest BCUT2D eigenvalue weighted by atomic mass is 16.5. The average Bonchev–Trinajstić information content (AvgIpc) is 2.57. The van der Waals surface area contributed by atoms with Crippen molar-refractivity contribution in [3.8, 4) is 5.75 Å². The van der Waals surface area contributed by atoms with Crippen LogP contribution in [-0.4, -0.2) is 23.7 Å². The third-order valence-electron chi connectivity index (χ3n) is 2.97. The minimum atomic E-state index is -0.266. The lowest BCUT2D eigenvalue weighted by Crippen LogP contribution is -2.17. The van der Waals surface area contributed by atoms with Crippen molar-refractivity contribution in [2.45, 2.75) is 19.8 Å². The number of hydrogen-bond donors (Lipinski definition) is 1. The van der Waals surface area contributed by atoms with Crippen LogP contribution in [0.15, 0.2) is 53.9 Å². The molecule has 0 aliphatic carbocycles. The van der Waals surface area contributed by atoms with Crippen molar-refractivity contribution in [2.75, 3.05) is 6.61 Å². The Balaban J connectivity index is 1.84. The Morgan fingerprint density at radius 1 is 1.23 bits per heavy atom. The third-order valence-corrected chi connectivity index (χ3v) is 2.97. The van der Waals surface area contributed by atoms with Gasteiger partial charge in [0.2, 0.25) is 0 Å². The van der Waals surface area contributed by atoms with Crippen LogP contribution in [-0.2, 0) is 0 Å². The second kappa shape index (κ2) is 8.56. The number of benzene rings is 1. The van der Waals surface area contributed by atoms with E-state index in [9.17, 15) is 4.79 Å². The summed E-state index contributed by atoms with van der Waals surface area (Å²) in [7, 11) is 0. The van der Waals surface area contributed by atoms with Gasteiger partial charge in [0.25, 0.3) is 5.91 Å². The van der Waals surface area contributed by atoms with E-state index in [1.165, 1.54) is 0 Å². The Morgan fingerprint density at radius 2 is 1.95 bits per heavy atom. The third kappa shape index (κ3) is 5.01. The number of rotatable bonds is 7. The zero-order chi connectivity index (χ0) is 15.6. The van der Waals surface area contributed by atoms with Crippen LogP contribution in [0.3, 0.4) is 0 Å². The fourth-order valence-electron chi connectivity index (χ4n) is 1.72. The van der Waals surface area contributed by atoms with Crippen molar-refractivity contribution in [3.05, 3.63) is 59.9 Å². The maximum Gasteiger partial charge on any atom is 0.271 e. The highest BCUT2D eigenvalue weighted by Crippen LogP contribution is 2.11. The van der Waals surface area contributed by atoms with Crippen molar-refractivity contribution in [3.63, 3.8) is 0 Å². The van der Waals surface area contributed by atoms with E-state index in [0.717, 1.165) is 30.8 Å². The van der Waals surface area contributed by atoms with Gasteiger partial charge in [0, 0.05) is 18.0 Å². The van der Waals surface area contributed by atoms with Crippen molar-refractivity contribution in [1.82, 2.24) is 10.4 Å². The predicted molar refractivity (Wildman–Crippen MR) is 86.1 cm³/mol.